The van der Waals surface area contributed by atoms with Crippen LogP contribution in [0.3, 0.4) is 0 Å². The first-order valence-corrected chi connectivity index (χ1v) is 9.05. The van der Waals surface area contributed by atoms with Crippen molar-refractivity contribution in [1.29, 1.82) is 0 Å². The second-order valence-electron chi connectivity index (χ2n) is 7.24. The third-order valence-electron chi connectivity index (χ3n) is 5.51. The van der Waals surface area contributed by atoms with Crippen LogP contribution in [0.15, 0.2) is 48.5 Å². The monoisotopic (exact) mass is 336 g/mol. The zero-order valence-electron chi connectivity index (χ0n) is 14.5. The number of hydrogen-bond donors (Lipinski definition) is 2. The van der Waals surface area contributed by atoms with Crippen molar-refractivity contribution in [3.05, 3.63) is 54.1 Å². The van der Waals surface area contributed by atoms with E-state index in [4.69, 9.17) is 0 Å². The number of aryl methyl sites for hydroxylation is 1. The van der Waals surface area contributed by atoms with Crippen molar-refractivity contribution in [2.45, 2.75) is 50.8 Å². The lowest BCUT2D eigenvalue weighted by Crippen LogP contribution is -2.49. The van der Waals surface area contributed by atoms with Gasteiger partial charge in [0.25, 0.3) is 0 Å². The van der Waals surface area contributed by atoms with Gasteiger partial charge in [-0.1, -0.05) is 36.4 Å². The minimum atomic E-state index is -0.256. The highest BCUT2D eigenvalue weighted by Gasteiger charge is 2.42. The van der Waals surface area contributed by atoms with E-state index in [0.717, 1.165) is 24.1 Å². The Labute approximate surface area is 148 Å². The highest BCUT2D eigenvalue weighted by molar-refractivity contribution is 5.90. The van der Waals surface area contributed by atoms with E-state index in [1.807, 2.05) is 35.2 Å². The zero-order valence-corrected chi connectivity index (χ0v) is 14.5. The second-order valence-corrected chi connectivity index (χ2v) is 7.24. The summed E-state index contributed by atoms with van der Waals surface area (Å²) in [6.07, 6.45) is 3.16. The van der Waals surface area contributed by atoms with Crippen molar-refractivity contribution >= 4 is 11.7 Å². The minimum absolute atomic E-state index is 0.0359. The van der Waals surface area contributed by atoms with Crippen molar-refractivity contribution < 1.29 is 9.90 Å². The molecule has 2 aliphatic heterocycles. The Morgan fingerprint density at radius 1 is 1.08 bits per heavy atom. The Morgan fingerprint density at radius 3 is 2.40 bits per heavy atom. The first-order valence-electron chi connectivity index (χ1n) is 9.05. The molecule has 2 amide bonds. The maximum absolute atomic E-state index is 12.7. The van der Waals surface area contributed by atoms with E-state index in [9.17, 15) is 9.90 Å². The van der Waals surface area contributed by atoms with Gasteiger partial charge in [0.15, 0.2) is 0 Å². The molecule has 4 rings (SSSR count). The van der Waals surface area contributed by atoms with Gasteiger partial charge in [-0.25, -0.2) is 4.79 Å². The standard InChI is InChI=1S/C21H24N2O2/c1-14-11-16(7-10-20(14)15-5-3-2-4-6-15)22-21(25)23-17-8-9-18(23)13-19(24)12-17/h2-7,10-11,17-19,24H,8-9,12-13H2,1H3,(H,22,25)/t17-,18-/m0/s1. The maximum Gasteiger partial charge on any atom is 0.322 e. The van der Waals surface area contributed by atoms with E-state index in [0.29, 0.717) is 12.8 Å². The average molecular weight is 336 g/mol. The molecule has 2 fully saturated rings. The van der Waals surface area contributed by atoms with Gasteiger partial charge in [-0.15, -0.1) is 0 Å². The molecule has 2 aromatic carbocycles. The summed E-state index contributed by atoms with van der Waals surface area (Å²) >= 11 is 0. The van der Waals surface area contributed by atoms with Crippen LogP contribution < -0.4 is 5.32 Å². The molecule has 2 aliphatic rings. The quantitative estimate of drug-likeness (QED) is 0.864. The first-order chi connectivity index (χ1) is 12.1. The number of piperidine rings is 1. The molecule has 2 heterocycles. The average Bonchev–Trinajstić information content (AvgIpc) is 2.87. The van der Waals surface area contributed by atoms with Crippen LogP contribution >= 0.6 is 0 Å². The molecule has 25 heavy (non-hydrogen) atoms. The molecule has 0 aromatic heterocycles. The van der Waals surface area contributed by atoms with Crippen molar-refractivity contribution in [3.63, 3.8) is 0 Å². The summed E-state index contributed by atoms with van der Waals surface area (Å²) in [6, 6.07) is 16.6. The van der Waals surface area contributed by atoms with Crippen LogP contribution in [0.4, 0.5) is 10.5 Å². The summed E-state index contributed by atoms with van der Waals surface area (Å²) in [5.74, 6) is 0. The largest absolute Gasteiger partial charge is 0.393 e. The van der Waals surface area contributed by atoms with E-state index >= 15 is 0 Å². The van der Waals surface area contributed by atoms with Crippen molar-refractivity contribution in [2.24, 2.45) is 0 Å². The van der Waals surface area contributed by atoms with E-state index in [2.05, 4.69) is 30.4 Å². The van der Waals surface area contributed by atoms with Crippen molar-refractivity contribution in [1.82, 2.24) is 4.90 Å². The number of benzene rings is 2. The van der Waals surface area contributed by atoms with Crippen LogP contribution in [0.5, 0.6) is 0 Å². The summed E-state index contributed by atoms with van der Waals surface area (Å²) < 4.78 is 0. The number of aliphatic hydroxyl groups is 1. The van der Waals surface area contributed by atoms with Gasteiger partial charge in [0.2, 0.25) is 0 Å². The van der Waals surface area contributed by atoms with Gasteiger partial charge in [-0.05, 0) is 61.4 Å². The third-order valence-corrected chi connectivity index (χ3v) is 5.51. The number of urea groups is 1. The molecule has 0 aliphatic carbocycles. The fourth-order valence-corrected chi connectivity index (χ4v) is 4.35. The fourth-order valence-electron chi connectivity index (χ4n) is 4.35. The number of aliphatic hydroxyl groups excluding tert-OH is 1. The van der Waals surface area contributed by atoms with Crippen LogP contribution in [0.1, 0.15) is 31.2 Å². The Bertz CT molecular complexity index is 761. The molecule has 0 unspecified atom stereocenters. The van der Waals surface area contributed by atoms with Crippen LogP contribution in [-0.4, -0.2) is 34.2 Å². The van der Waals surface area contributed by atoms with Gasteiger partial charge in [0, 0.05) is 17.8 Å². The number of fused-ring (bicyclic) bond motifs is 2. The van der Waals surface area contributed by atoms with Crippen LogP contribution in [-0.2, 0) is 0 Å². The van der Waals surface area contributed by atoms with Gasteiger partial charge >= 0.3 is 6.03 Å². The van der Waals surface area contributed by atoms with E-state index in [1.165, 1.54) is 11.1 Å². The molecule has 0 saturated carbocycles. The summed E-state index contributed by atoms with van der Waals surface area (Å²) in [7, 11) is 0. The van der Waals surface area contributed by atoms with Gasteiger partial charge in [-0.2, -0.15) is 0 Å². The summed E-state index contributed by atoms with van der Waals surface area (Å²) in [4.78, 5) is 14.7. The first kappa shape index (κ1) is 16.2. The number of hydrogen-bond acceptors (Lipinski definition) is 2. The number of anilines is 1. The highest BCUT2D eigenvalue weighted by atomic mass is 16.3. The zero-order chi connectivity index (χ0) is 17.4. The molecular weight excluding hydrogens is 312 g/mol. The third kappa shape index (κ3) is 3.14. The van der Waals surface area contributed by atoms with Crippen LogP contribution in [0.25, 0.3) is 11.1 Å². The van der Waals surface area contributed by atoms with Gasteiger partial charge in [-0.3, -0.25) is 0 Å². The molecule has 2 atom stereocenters. The molecule has 2 bridgehead atoms. The predicted octanol–water partition coefficient (Wildman–Crippen LogP) is 4.18. The van der Waals surface area contributed by atoms with Crippen LogP contribution in [0.2, 0.25) is 0 Å². The number of nitrogens with zero attached hydrogens (tertiary/aromatic N) is 1. The number of nitrogens with one attached hydrogen (secondary N) is 1. The fraction of sp³-hybridized carbons (Fsp3) is 0.381. The van der Waals surface area contributed by atoms with E-state index in [-0.39, 0.29) is 24.2 Å². The van der Waals surface area contributed by atoms with Crippen molar-refractivity contribution in [2.75, 3.05) is 5.32 Å². The SMILES string of the molecule is Cc1cc(NC(=O)N2[C@H]3CC[C@H]2CC(O)C3)ccc1-c1ccccc1. The van der Waals surface area contributed by atoms with E-state index < -0.39 is 0 Å². The molecular formula is C21H24N2O2. The lowest BCUT2D eigenvalue weighted by Gasteiger charge is -2.37. The molecule has 0 spiro atoms. The number of carbonyl (C=O) groups excluding carboxylic acids is 1. The lowest BCUT2D eigenvalue weighted by atomic mass is 10.00. The minimum Gasteiger partial charge on any atom is -0.393 e. The van der Waals surface area contributed by atoms with Gasteiger partial charge in [0.1, 0.15) is 0 Å². The molecule has 2 aromatic rings. The topological polar surface area (TPSA) is 52.6 Å². The molecule has 4 heteroatoms. The Balaban J connectivity index is 1.50. The molecule has 4 nitrogen and oxygen atoms in total. The second kappa shape index (κ2) is 6.52. The Morgan fingerprint density at radius 2 is 1.76 bits per heavy atom. The Kier molecular flexibility index (Phi) is 4.22. The summed E-state index contributed by atoms with van der Waals surface area (Å²) in [5, 5.41) is 12.9. The number of carbonyl (C=O) groups is 1. The van der Waals surface area contributed by atoms with Crippen LogP contribution in [0, 0.1) is 6.92 Å². The predicted molar refractivity (Wildman–Crippen MR) is 99.5 cm³/mol. The molecule has 2 saturated heterocycles. The smallest absolute Gasteiger partial charge is 0.322 e. The van der Waals surface area contributed by atoms with E-state index in [1.54, 1.807) is 0 Å². The molecule has 2 N–H and O–H groups in total. The summed E-state index contributed by atoms with van der Waals surface area (Å²) in [6.45, 7) is 2.07. The molecule has 130 valence electrons. The molecule has 0 radical (unpaired) electrons. The van der Waals surface area contributed by atoms with Crippen molar-refractivity contribution in [3.8, 4) is 11.1 Å². The lowest BCUT2D eigenvalue weighted by molar-refractivity contribution is 0.0580. The normalized spacial score (nSPS) is 25.0. The number of rotatable bonds is 2. The van der Waals surface area contributed by atoms with Gasteiger partial charge < -0.3 is 15.3 Å². The highest BCUT2D eigenvalue weighted by Crippen LogP contribution is 2.36. The maximum atomic E-state index is 12.7. The summed E-state index contributed by atoms with van der Waals surface area (Å²) in [5.41, 5.74) is 4.33. The number of amides is 2. The Hall–Kier alpha value is -2.33. The van der Waals surface area contributed by atoms with Gasteiger partial charge in [0.05, 0.1) is 6.10 Å².